The smallest absolute Gasteiger partial charge is 0.160 e. The molecule has 0 saturated heterocycles. The minimum absolute atomic E-state index is 0.0615. The van der Waals surface area contributed by atoms with Crippen molar-refractivity contribution in [3.05, 3.63) is 0 Å². The van der Waals surface area contributed by atoms with Gasteiger partial charge in [0.25, 0.3) is 0 Å². The third-order valence-electron chi connectivity index (χ3n) is 2.75. The van der Waals surface area contributed by atoms with Crippen LogP contribution >= 0.6 is 0 Å². The Bertz CT molecular complexity index is 207. The van der Waals surface area contributed by atoms with Gasteiger partial charge >= 0.3 is 0 Å². The van der Waals surface area contributed by atoms with Crippen molar-refractivity contribution >= 4 is 11.6 Å². The summed E-state index contributed by atoms with van der Waals surface area (Å²) in [7, 11) is 0. The average Bonchev–Trinajstić information content (AvgIpc) is 2.35. The number of rotatable bonds is 4. The number of hydrogen-bond donors (Lipinski definition) is 1. The maximum absolute atomic E-state index is 11.4. The maximum Gasteiger partial charge on any atom is 0.160 e. The number of carbonyl (C=O) groups is 2. The first-order valence-corrected chi connectivity index (χ1v) is 4.96. The van der Waals surface area contributed by atoms with Crippen molar-refractivity contribution in [2.24, 2.45) is 5.73 Å². The zero-order valence-electron chi connectivity index (χ0n) is 8.14. The van der Waals surface area contributed by atoms with Crippen LogP contribution in [-0.4, -0.2) is 17.1 Å². The van der Waals surface area contributed by atoms with E-state index >= 15 is 0 Å². The van der Waals surface area contributed by atoms with Gasteiger partial charge in [-0.1, -0.05) is 26.2 Å². The van der Waals surface area contributed by atoms with Crippen LogP contribution in [0.3, 0.4) is 0 Å². The number of unbranched alkanes of at least 4 members (excludes halogenated alkanes) is 2. The van der Waals surface area contributed by atoms with Gasteiger partial charge in [0.1, 0.15) is 5.54 Å². The first kappa shape index (κ1) is 10.4. The topological polar surface area (TPSA) is 60.2 Å². The van der Waals surface area contributed by atoms with Crippen LogP contribution in [0.25, 0.3) is 0 Å². The summed E-state index contributed by atoms with van der Waals surface area (Å²) in [4.78, 5) is 22.7. The summed E-state index contributed by atoms with van der Waals surface area (Å²) in [6, 6.07) is 0. The summed E-state index contributed by atoms with van der Waals surface area (Å²) in [5, 5.41) is 0. The van der Waals surface area contributed by atoms with Crippen LogP contribution < -0.4 is 5.73 Å². The van der Waals surface area contributed by atoms with Crippen LogP contribution in [0.15, 0.2) is 0 Å². The Hall–Kier alpha value is -0.700. The highest BCUT2D eigenvalue weighted by atomic mass is 16.2. The molecule has 1 aliphatic rings. The second-order valence-electron chi connectivity index (χ2n) is 3.77. The van der Waals surface area contributed by atoms with Crippen molar-refractivity contribution < 1.29 is 9.59 Å². The zero-order valence-corrected chi connectivity index (χ0v) is 8.14. The quantitative estimate of drug-likeness (QED) is 0.526. The molecule has 0 heterocycles. The van der Waals surface area contributed by atoms with Gasteiger partial charge in [-0.15, -0.1) is 0 Å². The first-order valence-electron chi connectivity index (χ1n) is 4.96. The Kier molecular flexibility index (Phi) is 3.20. The molecule has 0 spiro atoms. The molecule has 0 aromatic carbocycles. The van der Waals surface area contributed by atoms with Crippen molar-refractivity contribution in [1.82, 2.24) is 0 Å². The van der Waals surface area contributed by atoms with Crippen molar-refractivity contribution in [2.75, 3.05) is 0 Å². The maximum atomic E-state index is 11.4. The average molecular weight is 183 g/mol. The Morgan fingerprint density at radius 2 is 1.77 bits per heavy atom. The predicted octanol–water partition coefficient (Wildman–Crippen LogP) is 1.20. The number of carbonyl (C=O) groups excluding carboxylic acids is 2. The van der Waals surface area contributed by atoms with E-state index in [1.807, 2.05) is 0 Å². The second-order valence-corrected chi connectivity index (χ2v) is 3.77. The SMILES string of the molecule is CCCCCC1(N)C(=O)CCC1=O. The molecule has 0 aromatic heterocycles. The third kappa shape index (κ3) is 1.97. The van der Waals surface area contributed by atoms with Crippen LogP contribution in [0, 0.1) is 0 Å². The fraction of sp³-hybridized carbons (Fsp3) is 0.800. The molecule has 1 aliphatic carbocycles. The molecule has 3 heteroatoms. The molecule has 0 bridgehead atoms. The summed E-state index contributed by atoms with van der Waals surface area (Å²) in [5.74, 6) is -0.123. The molecule has 0 aliphatic heterocycles. The lowest BCUT2D eigenvalue weighted by atomic mass is 9.90. The van der Waals surface area contributed by atoms with E-state index in [9.17, 15) is 9.59 Å². The zero-order chi connectivity index (χ0) is 9.90. The van der Waals surface area contributed by atoms with E-state index in [1.165, 1.54) is 0 Å². The summed E-state index contributed by atoms with van der Waals surface area (Å²) in [6.07, 6.45) is 4.24. The van der Waals surface area contributed by atoms with Gasteiger partial charge in [0.05, 0.1) is 0 Å². The first-order chi connectivity index (χ1) is 6.11. The molecule has 13 heavy (non-hydrogen) atoms. The monoisotopic (exact) mass is 183 g/mol. The minimum atomic E-state index is -1.12. The van der Waals surface area contributed by atoms with Crippen LogP contribution in [0.1, 0.15) is 45.4 Å². The molecule has 0 aromatic rings. The molecule has 74 valence electrons. The lowest BCUT2D eigenvalue weighted by molar-refractivity contribution is -0.129. The molecule has 0 atom stereocenters. The van der Waals surface area contributed by atoms with Crippen LogP contribution in [0.2, 0.25) is 0 Å². The number of hydrogen-bond acceptors (Lipinski definition) is 3. The fourth-order valence-corrected chi connectivity index (χ4v) is 1.76. The van der Waals surface area contributed by atoms with E-state index < -0.39 is 5.54 Å². The highest BCUT2D eigenvalue weighted by Crippen LogP contribution is 2.25. The van der Waals surface area contributed by atoms with Crippen molar-refractivity contribution in [1.29, 1.82) is 0 Å². The Balaban J connectivity index is 2.53. The van der Waals surface area contributed by atoms with Crippen molar-refractivity contribution in [2.45, 2.75) is 51.0 Å². The summed E-state index contributed by atoms with van der Waals surface area (Å²) < 4.78 is 0. The molecule has 1 rings (SSSR count). The number of ketones is 2. The highest BCUT2D eigenvalue weighted by Gasteiger charge is 2.45. The summed E-state index contributed by atoms with van der Waals surface area (Å²) >= 11 is 0. The standard InChI is InChI=1S/C10H17NO2/c1-2-3-4-7-10(11)8(12)5-6-9(10)13/h2-7,11H2,1H3. The molecular weight excluding hydrogens is 166 g/mol. The van der Waals surface area contributed by atoms with Gasteiger partial charge in [0, 0.05) is 12.8 Å². The molecule has 1 fully saturated rings. The Labute approximate surface area is 78.7 Å². The normalized spacial score (nSPS) is 21.1. The molecule has 0 unspecified atom stereocenters. The van der Waals surface area contributed by atoms with Crippen molar-refractivity contribution in [3.8, 4) is 0 Å². The van der Waals surface area contributed by atoms with Gasteiger partial charge in [-0.05, 0) is 6.42 Å². The lowest BCUT2D eigenvalue weighted by Gasteiger charge is -2.19. The molecule has 1 saturated carbocycles. The van der Waals surface area contributed by atoms with Gasteiger partial charge in [0.15, 0.2) is 11.6 Å². The highest BCUT2D eigenvalue weighted by molar-refractivity contribution is 6.16. The molecule has 3 nitrogen and oxygen atoms in total. The number of nitrogens with two attached hydrogens (primary N) is 1. The van der Waals surface area contributed by atoms with E-state index in [0.29, 0.717) is 19.3 Å². The fourth-order valence-electron chi connectivity index (χ4n) is 1.76. The van der Waals surface area contributed by atoms with Gasteiger partial charge in [-0.25, -0.2) is 0 Å². The van der Waals surface area contributed by atoms with Crippen molar-refractivity contribution in [3.63, 3.8) is 0 Å². The van der Waals surface area contributed by atoms with Crippen LogP contribution in [0.4, 0.5) is 0 Å². The van der Waals surface area contributed by atoms with Gasteiger partial charge in [-0.2, -0.15) is 0 Å². The molecule has 0 radical (unpaired) electrons. The summed E-state index contributed by atoms with van der Waals surface area (Å²) in [5.41, 5.74) is 4.67. The van der Waals surface area contributed by atoms with E-state index in [-0.39, 0.29) is 11.6 Å². The lowest BCUT2D eigenvalue weighted by Crippen LogP contribution is -2.49. The Morgan fingerprint density at radius 3 is 2.23 bits per heavy atom. The third-order valence-corrected chi connectivity index (χ3v) is 2.75. The van der Waals surface area contributed by atoms with Crippen LogP contribution in [-0.2, 0) is 9.59 Å². The van der Waals surface area contributed by atoms with E-state index in [2.05, 4.69) is 6.92 Å². The van der Waals surface area contributed by atoms with E-state index in [0.717, 1.165) is 19.3 Å². The molecule has 2 N–H and O–H groups in total. The minimum Gasteiger partial charge on any atom is -0.313 e. The Morgan fingerprint density at radius 1 is 1.23 bits per heavy atom. The largest absolute Gasteiger partial charge is 0.313 e. The molecular formula is C10H17NO2. The predicted molar refractivity (Wildman–Crippen MR) is 50.3 cm³/mol. The van der Waals surface area contributed by atoms with Gasteiger partial charge in [0.2, 0.25) is 0 Å². The summed E-state index contributed by atoms with van der Waals surface area (Å²) in [6.45, 7) is 2.08. The van der Waals surface area contributed by atoms with Crippen LogP contribution in [0.5, 0.6) is 0 Å². The van der Waals surface area contributed by atoms with E-state index in [1.54, 1.807) is 0 Å². The van der Waals surface area contributed by atoms with E-state index in [4.69, 9.17) is 5.73 Å². The number of Topliss-reactive ketones (excluding diaryl/α,β-unsaturated/α-hetero) is 2. The molecule has 0 amide bonds. The van der Waals surface area contributed by atoms with Gasteiger partial charge in [-0.3, -0.25) is 9.59 Å². The second kappa shape index (κ2) is 4.01. The van der Waals surface area contributed by atoms with Gasteiger partial charge < -0.3 is 5.73 Å².